The van der Waals surface area contributed by atoms with Crippen LogP contribution < -0.4 is 4.74 Å². The zero-order chi connectivity index (χ0) is 17.7. The summed E-state index contributed by atoms with van der Waals surface area (Å²) in [5.41, 5.74) is 0.644. The molecule has 0 aromatic heterocycles. The van der Waals surface area contributed by atoms with Crippen molar-refractivity contribution in [2.45, 2.75) is 12.5 Å². The smallest absolute Gasteiger partial charge is 0.461 e. The standard InChI is InChI=1S/C17H12F4O3/c18-16(19)17(20,21)24-14-3-1-2-11(10-14)4-9-15(23)12-5-7-13(22)8-6-12/h1-10,16,22H/b9-4+. The monoisotopic (exact) mass is 340 g/mol. The molecule has 0 unspecified atom stereocenters. The molecule has 0 atom stereocenters. The molecule has 0 spiro atoms. The van der Waals surface area contributed by atoms with E-state index in [0.29, 0.717) is 11.1 Å². The SMILES string of the molecule is O=C(/C=C/c1cccc(OC(F)(F)C(F)F)c1)c1ccc(O)cc1. The highest BCUT2D eigenvalue weighted by Crippen LogP contribution is 2.28. The molecule has 0 heterocycles. The van der Waals surface area contributed by atoms with Gasteiger partial charge in [0.1, 0.15) is 11.5 Å². The van der Waals surface area contributed by atoms with Gasteiger partial charge in [-0.15, -0.1) is 0 Å². The van der Waals surface area contributed by atoms with Gasteiger partial charge in [0, 0.05) is 5.56 Å². The maximum Gasteiger partial charge on any atom is 0.461 e. The first kappa shape index (κ1) is 17.5. The number of carbonyl (C=O) groups excluding carboxylic acids is 1. The number of hydrogen-bond donors (Lipinski definition) is 1. The van der Waals surface area contributed by atoms with Gasteiger partial charge in [0.25, 0.3) is 0 Å². The topological polar surface area (TPSA) is 46.5 Å². The third-order valence-electron chi connectivity index (χ3n) is 2.95. The van der Waals surface area contributed by atoms with Gasteiger partial charge in [0.15, 0.2) is 5.78 Å². The lowest BCUT2D eigenvalue weighted by Gasteiger charge is -2.16. The second-order valence-corrected chi connectivity index (χ2v) is 4.78. The zero-order valence-electron chi connectivity index (χ0n) is 12.1. The minimum Gasteiger partial charge on any atom is -0.508 e. The molecule has 0 saturated carbocycles. The van der Waals surface area contributed by atoms with E-state index in [0.717, 1.165) is 12.1 Å². The predicted molar refractivity (Wildman–Crippen MR) is 79.5 cm³/mol. The van der Waals surface area contributed by atoms with E-state index in [2.05, 4.69) is 4.74 Å². The Morgan fingerprint density at radius 3 is 2.42 bits per heavy atom. The van der Waals surface area contributed by atoms with Crippen molar-refractivity contribution < 1.29 is 32.2 Å². The summed E-state index contributed by atoms with van der Waals surface area (Å²) in [6, 6.07) is 10.6. The van der Waals surface area contributed by atoms with Crippen LogP contribution in [0.4, 0.5) is 17.6 Å². The van der Waals surface area contributed by atoms with Crippen LogP contribution in [0.3, 0.4) is 0 Å². The Bertz CT molecular complexity index is 740. The summed E-state index contributed by atoms with van der Waals surface area (Å²) >= 11 is 0. The predicted octanol–water partition coefficient (Wildman–Crippen LogP) is 4.53. The largest absolute Gasteiger partial charge is 0.508 e. The van der Waals surface area contributed by atoms with Crippen molar-refractivity contribution in [3.05, 3.63) is 65.7 Å². The second kappa shape index (κ2) is 7.16. The van der Waals surface area contributed by atoms with Gasteiger partial charge in [-0.3, -0.25) is 4.79 Å². The Hall–Kier alpha value is -2.83. The molecule has 2 aromatic rings. The van der Waals surface area contributed by atoms with Gasteiger partial charge in [0.05, 0.1) is 0 Å². The van der Waals surface area contributed by atoms with Crippen LogP contribution in [-0.2, 0) is 0 Å². The van der Waals surface area contributed by atoms with Crippen molar-refractivity contribution in [2.75, 3.05) is 0 Å². The number of carbonyl (C=O) groups is 1. The summed E-state index contributed by atoms with van der Waals surface area (Å²) in [5, 5.41) is 9.15. The molecule has 0 aliphatic carbocycles. The zero-order valence-corrected chi connectivity index (χ0v) is 12.1. The highest BCUT2D eigenvalue weighted by molar-refractivity contribution is 6.06. The Labute approximate surface area is 134 Å². The van der Waals surface area contributed by atoms with Crippen LogP contribution in [0.25, 0.3) is 6.08 Å². The average Bonchev–Trinajstić information content (AvgIpc) is 2.53. The van der Waals surface area contributed by atoms with Crippen LogP contribution in [0, 0.1) is 0 Å². The van der Waals surface area contributed by atoms with Crippen molar-refractivity contribution in [1.82, 2.24) is 0 Å². The first-order chi connectivity index (χ1) is 11.3. The molecule has 24 heavy (non-hydrogen) atoms. The molecule has 0 amide bonds. The summed E-state index contributed by atoms with van der Waals surface area (Å²) in [7, 11) is 0. The number of alkyl halides is 4. The first-order valence-electron chi connectivity index (χ1n) is 6.74. The number of aromatic hydroxyl groups is 1. The van der Waals surface area contributed by atoms with Crippen LogP contribution in [0.15, 0.2) is 54.6 Å². The number of phenolic OH excluding ortho intramolecular Hbond substituents is 1. The Balaban J connectivity index is 2.11. The fraction of sp³-hybridized carbons (Fsp3) is 0.118. The maximum atomic E-state index is 12.9. The fourth-order valence-electron chi connectivity index (χ4n) is 1.78. The molecule has 126 valence electrons. The van der Waals surface area contributed by atoms with Crippen LogP contribution in [-0.4, -0.2) is 23.4 Å². The van der Waals surface area contributed by atoms with E-state index >= 15 is 0 Å². The van der Waals surface area contributed by atoms with E-state index < -0.39 is 18.3 Å². The molecule has 0 bridgehead atoms. The fourth-order valence-corrected chi connectivity index (χ4v) is 1.78. The molecule has 0 aliphatic heterocycles. The van der Waals surface area contributed by atoms with Crippen molar-refractivity contribution in [3.8, 4) is 11.5 Å². The lowest BCUT2D eigenvalue weighted by Crippen LogP contribution is -2.33. The highest BCUT2D eigenvalue weighted by atomic mass is 19.3. The highest BCUT2D eigenvalue weighted by Gasteiger charge is 2.43. The molecular weight excluding hydrogens is 328 g/mol. The minimum absolute atomic E-state index is 0.0142. The van der Waals surface area contributed by atoms with Crippen LogP contribution >= 0.6 is 0 Å². The average molecular weight is 340 g/mol. The molecule has 2 rings (SSSR count). The molecule has 0 radical (unpaired) electrons. The number of rotatable bonds is 6. The number of halogens is 4. The Morgan fingerprint density at radius 2 is 1.79 bits per heavy atom. The number of phenols is 1. The third-order valence-corrected chi connectivity index (χ3v) is 2.95. The molecular formula is C17H12F4O3. The van der Waals surface area contributed by atoms with Gasteiger partial charge in [-0.2, -0.15) is 17.6 Å². The lowest BCUT2D eigenvalue weighted by atomic mass is 10.1. The molecule has 1 N–H and O–H groups in total. The molecule has 0 saturated heterocycles. The van der Waals surface area contributed by atoms with E-state index in [4.69, 9.17) is 5.11 Å². The quantitative estimate of drug-likeness (QED) is 0.478. The summed E-state index contributed by atoms with van der Waals surface area (Å²) in [6.07, 6.45) is -6.02. The van der Waals surface area contributed by atoms with Gasteiger partial charge >= 0.3 is 12.5 Å². The van der Waals surface area contributed by atoms with Crippen molar-refractivity contribution in [3.63, 3.8) is 0 Å². The summed E-state index contributed by atoms with van der Waals surface area (Å²) < 4.78 is 53.9. The van der Waals surface area contributed by atoms with E-state index in [9.17, 15) is 22.4 Å². The summed E-state index contributed by atoms with van der Waals surface area (Å²) in [6.45, 7) is 0. The van der Waals surface area contributed by atoms with Gasteiger partial charge in [-0.25, -0.2) is 0 Å². The summed E-state index contributed by atoms with van der Waals surface area (Å²) in [4.78, 5) is 11.9. The second-order valence-electron chi connectivity index (χ2n) is 4.78. The summed E-state index contributed by atoms with van der Waals surface area (Å²) in [5.74, 6) is -0.806. The van der Waals surface area contributed by atoms with Crippen molar-refractivity contribution >= 4 is 11.9 Å². The number of allylic oxidation sites excluding steroid dienone is 1. The minimum atomic E-state index is -4.59. The third kappa shape index (κ3) is 4.58. The molecule has 3 nitrogen and oxygen atoms in total. The molecule has 0 aliphatic rings. The van der Waals surface area contributed by atoms with Gasteiger partial charge in [-0.1, -0.05) is 18.2 Å². The van der Waals surface area contributed by atoms with Crippen LogP contribution in [0.1, 0.15) is 15.9 Å². The first-order valence-corrected chi connectivity index (χ1v) is 6.74. The number of benzene rings is 2. The lowest BCUT2D eigenvalue weighted by molar-refractivity contribution is -0.253. The Kier molecular flexibility index (Phi) is 5.23. The number of ether oxygens (including phenoxy) is 1. The van der Waals surface area contributed by atoms with Crippen molar-refractivity contribution in [1.29, 1.82) is 0 Å². The van der Waals surface area contributed by atoms with E-state index in [1.807, 2.05) is 0 Å². The molecule has 7 heteroatoms. The van der Waals surface area contributed by atoms with E-state index in [1.165, 1.54) is 48.6 Å². The maximum absolute atomic E-state index is 12.9. The molecule has 0 fully saturated rings. The Morgan fingerprint density at radius 1 is 1.12 bits per heavy atom. The van der Waals surface area contributed by atoms with Gasteiger partial charge < -0.3 is 9.84 Å². The van der Waals surface area contributed by atoms with Crippen LogP contribution in [0.5, 0.6) is 11.5 Å². The van der Waals surface area contributed by atoms with E-state index in [-0.39, 0.29) is 11.5 Å². The number of hydrogen-bond acceptors (Lipinski definition) is 3. The van der Waals surface area contributed by atoms with E-state index in [1.54, 1.807) is 0 Å². The normalized spacial score (nSPS) is 11.9. The van der Waals surface area contributed by atoms with Crippen LogP contribution in [0.2, 0.25) is 0 Å². The number of ketones is 1. The van der Waals surface area contributed by atoms with Crippen molar-refractivity contribution in [2.24, 2.45) is 0 Å². The van der Waals surface area contributed by atoms with Gasteiger partial charge in [0.2, 0.25) is 0 Å². The molecule has 2 aromatic carbocycles. The van der Waals surface area contributed by atoms with Gasteiger partial charge in [-0.05, 0) is 48.0 Å².